The van der Waals surface area contributed by atoms with Gasteiger partial charge in [-0.1, -0.05) is 56.3 Å². The zero-order chi connectivity index (χ0) is 22.2. The first-order valence-corrected chi connectivity index (χ1v) is 10.9. The van der Waals surface area contributed by atoms with Crippen molar-refractivity contribution in [3.05, 3.63) is 60.2 Å². The predicted molar refractivity (Wildman–Crippen MR) is 124 cm³/mol. The molecule has 6 heteroatoms. The van der Waals surface area contributed by atoms with Crippen molar-refractivity contribution in [2.45, 2.75) is 39.3 Å². The summed E-state index contributed by atoms with van der Waals surface area (Å²) in [6.45, 7) is 6.28. The second-order valence-electron chi connectivity index (χ2n) is 7.67. The second-order valence-corrected chi connectivity index (χ2v) is 7.67. The Labute approximate surface area is 185 Å². The van der Waals surface area contributed by atoms with Gasteiger partial charge in [0.05, 0.1) is 18.8 Å². The van der Waals surface area contributed by atoms with Crippen molar-refractivity contribution in [3.8, 4) is 28.6 Å². The van der Waals surface area contributed by atoms with Gasteiger partial charge in [-0.15, -0.1) is 0 Å². The van der Waals surface area contributed by atoms with Crippen molar-refractivity contribution in [3.63, 3.8) is 0 Å². The quantitative estimate of drug-likeness (QED) is 0.477. The number of nitrogens with zero attached hydrogens (tertiary/aromatic N) is 3. The van der Waals surface area contributed by atoms with Crippen molar-refractivity contribution in [2.75, 3.05) is 20.2 Å². The minimum absolute atomic E-state index is 0.359. The van der Waals surface area contributed by atoms with Gasteiger partial charge < -0.3 is 14.6 Å². The number of aromatic nitrogens is 2. The van der Waals surface area contributed by atoms with Gasteiger partial charge in [-0.3, -0.25) is 4.90 Å². The van der Waals surface area contributed by atoms with E-state index in [1.807, 2.05) is 56.4 Å². The molecule has 3 aromatic rings. The van der Waals surface area contributed by atoms with Crippen LogP contribution in [-0.2, 0) is 13.6 Å². The Hall–Kier alpha value is -2.83. The van der Waals surface area contributed by atoms with E-state index in [4.69, 9.17) is 14.6 Å². The van der Waals surface area contributed by atoms with Gasteiger partial charge in [-0.05, 0) is 31.5 Å². The standard InChI is InChI=1S/C25H33N3O3/c1-5-16-28(17-20(29)6-2)18-21-24(19-12-8-7-9-13-19)26-27(3)25(21)31-23-15-11-10-14-22(23)30-4/h7-15,20,29H,5-6,16-18H2,1-4H3/t20-/m0/s1. The highest BCUT2D eigenvalue weighted by Crippen LogP contribution is 2.37. The van der Waals surface area contributed by atoms with Crippen LogP contribution in [0.5, 0.6) is 17.4 Å². The van der Waals surface area contributed by atoms with Gasteiger partial charge in [0.15, 0.2) is 11.5 Å². The summed E-state index contributed by atoms with van der Waals surface area (Å²) < 4.78 is 13.6. The molecule has 0 radical (unpaired) electrons. The first-order chi connectivity index (χ1) is 15.1. The number of hydrogen-bond acceptors (Lipinski definition) is 5. The molecule has 0 aliphatic rings. The predicted octanol–water partition coefficient (Wildman–Crippen LogP) is 4.87. The van der Waals surface area contributed by atoms with E-state index in [2.05, 4.69) is 24.0 Å². The molecule has 0 amide bonds. The minimum Gasteiger partial charge on any atom is -0.493 e. The Morgan fingerprint density at radius 1 is 1.03 bits per heavy atom. The molecule has 0 unspecified atom stereocenters. The van der Waals surface area contributed by atoms with Gasteiger partial charge in [0.25, 0.3) is 0 Å². The van der Waals surface area contributed by atoms with Crippen LogP contribution < -0.4 is 9.47 Å². The summed E-state index contributed by atoms with van der Waals surface area (Å²) in [5.41, 5.74) is 2.92. The van der Waals surface area contributed by atoms with E-state index in [-0.39, 0.29) is 6.10 Å². The highest BCUT2D eigenvalue weighted by molar-refractivity contribution is 5.65. The van der Waals surface area contributed by atoms with E-state index in [0.29, 0.717) is 30.5 Å². The lowest BCUT2D eigenvalue weighted by molar-refractivity contribution is 0.105. The molecule has 0 spiro atoms. The highest BCUT2D eigenvalue weighted by Gasteiger charge is 2.23. The monoisotopic (exact) mass is 423 g/mol. The molecule has 0 aliphatic heterocycles. The van der Waals surface area contributed by atoms with E-state index >= 15 is 0 Å². The smallest absolute Gasteiger partial charge is 0.222 e. The number of aliphatic hydroxyl groups excluding tert-OH is 1. The molecular weight excluding hydrogens is 390 g/mol. The Morgan fingerprint density at radius 2 is 1.71 bits per heavy atom. The first-order valence-electron chi connectivity index (χ1n) is 10.9. The van der Waals surface area contributed by atoms with E-state index in [1.165, 1.54) is 0 Å². The average Bonchev–Trinajstić information content (AvgIpc) is 3.09. The van der Waals surface area contributed by atoms with Crippen LogP contribution in [0.15, 0.2) is 54.6 Å². The number of aliphatic hydroxyl groups is 1. The van der Waals surface area contributed by atoms with Gasteiger partial charge >= 0.3 is 0 Å². The maximum Gasteiger partial charge on any atom is 0.222 e. The number of para-hydroxylation sites is 2. The minimum atomic E-state index is -0.359. The third kappa shape index (κ3) is 5.66. The molecule has 0 fully saturated rings. The summed E-state index contributed by atoms with van der Waals surface area (Å²) in [4.78, 5) is 2.27. The molecule has 1 aromatic heterocycles. The zero-order valence-corrected chi connectivity index (χ0v) is 18.9. The fraction of sp³-hybridized carbons (Fsp3) is 0.400. The van der Waals surface area contributed by atoms with Crippen molar-refractivity contribution in [2.24, 2.45) is 7.05 Å². The van der Waals surface area contributed by atoms with Gasteiger partial charge in [0, 0.05) is 25.7 Å². The fourth-order valence-electron chi connectivity index (χ4n) is 3.66. The van der Waals surface area contributed by atoms with Crippen LogP contribution in [0.2, 0.25) is 0 Å². The molecule has 0 saturated heterocycles. The molecule has 1 N–H and O–H groups in total. The zero-order valence-electron chi connectivity index (χ0n) is 18.9. The van der Waals surface area contributed by atoms with Crippen LogP contribution in [0.4, 0.5) is 0 Å². The van der Waals surface area contributed by atoms with Gasteiger partial charge in [-0.2, -0.15) is 5.10 Å². The summed E-state index contributed by atoms with van der Waals surface area (Å²) >= 11 is 0. The molecule has 166 valence electrons. The molecule has 1 heterocycles. The van der Waals surface area contributed by atoms with E-state index in [9.17, 15) is 5.11 Å². The van der Waals surface area contributed by atoms with Crippen LogP contribution in [-0.4, -0.2) is 46.1 Å². The lowest BCUT2D eigenvalue weighted by Gasteiger charge is -2.24. The summed E-state index contributed by atoms with van der Waals surface area (Å²) in [7, 11) is 3.53. The Balaban J connectivity index is 2.04. The molecule has 2 aromatic carbocycles. The van der Waals surface area contributed by atoms with Crippen LogP contribution in [0, 0.1) is 0 Å². The molecule has 1 atom stereocenters. The number of methoxy groups -OCH3 is 1. The van der Waals surface area contributed by atoms with Gasteiger partial charge in [0.2, 0.25) is 5.88 Å². The maximum atomic E-state index is 10.3. The SMILES string of the molecule is CCCN(Cc1c(-c2ccccc2)nn(C)c1Oc1ccccc1OC)C[C@@H](O)CC. The summed E-state index contributed by atoms with van der Waals surface area (Å²) in [6.07, 6.45) is 1.37. The first kappa shape index (κ1) is 22.8. The Morgan fingerprint density at radius 3 is 2.35 bits per heavy atom. The number of rotatable bonds is 11. The molecule has 6 nitrogen and oxygen atoms in total. The van der Waals surface area contributed by atoms with E-state index in [1.54, 1.807) is 11.8 Å². The molecular formula is C25H33N3O3. The number of benzene rings is 2. The van der Waals surface area contributed by atoms with Gasteiger partial charge in [0.1, 0.15) is 5.69 Å². The normalized spacial score (nSPS) is 12.2. The summed E-state index contributed by atoms with van der Waals surface area (Å²) in [6, 6.07) is 17.8. The van der Waals surface area contributed by atoms with Crippen molar-refractivity contribution in [1.29, 1.82) is 0 Å². The van der Waals surface area contributed by atoms with Crippen molar-refractivity contribution in [1.82, 2.24) is 14.7 Å². The number of ether oxygens (including phenoxy) is 2. The van der Waals surface area contributed by atoms with Crippen LogP contribution in [0.1, 0.15) is 32.3 Å². The molecule has 0 aliphatic carbocycles. The largest absolute Gasteiger partial charge is 0.493 e. The maximum absolute atomic E-state index is 10.3. The van der Waals surface area contributed by atoms with E-state index < -0.39 is 0 Å². The second kappa shape index (κ2) is 11.0. The molecule has 3 rings (SSSR count). The van der Waals surface area contributed by atoms with Gasteiger partial charge in [-0.25, -0.2) is 4.68 Å². The Bertz CT molecular complexity index is 956. The fourth-order valence-corrected chi connectivity index (χ4v) is 3.66. The van der Waals surface area contributed by atoms with Crippen LogP contribution >= 0.6 is 0 Å². The topological polar surface area (TPSA) is 59.8 Å². The van der Waals surface area contributed by atoms with Crippen molar-refractivity contribution < 1.29 is 14.6 Å². The lowest BCUT2D eigenvalue weighted by atomic mass is 10.1. The van der Waals surface area contributed by atoms with Crippen LogP contribution in [0.25, 0.3) is 11.3 Å². The molecule has 31 heavy (non-hydrogen) atoms. The number of aryl methyl sites for hydroxylation is 1. The van der Waals surface area contributed by atoms with E-state index in [0.717, 1.165) is 36.2 Å². The van der Waals surface area contributed by atoms with Crippen LogP contribution in [0.3, 0.4) is 0 Å². The summed E-state index contributed by atoms with van der Waals surface area (Å²) in [5, 5.41) is 15.1. The lowest BCUT2D eigenvalue weighted by Crippen LogP contribution is -2.32. The highest BCUT2D eigenvalue weighted by atomic mass is 16.5. The Kier molecular flexibility index (Phi) is 8.09. The molecule has 0 bridgehead atoms. The third-order valence-corrected chi connectivity index (χ3v) is 5.27. The number of hydrogen-bond donors (Lipinski definition) is 1. The molecule has 0 saturated carbocycles. The summed E-state index contributed by atoms with van der Waals surface area (Å²) in [5.74, 6) is 1.99. The van der Waals surface area contributed by atoms with Crippen molar-refractivity contribution >= 4 is 0 Å². The average molecular weight is 424 g/mol. The third-order valence-electron chi connectivity index (χ3n) is 5.27.